The quantitative estimate of drug-likeness (QED) is 0.892. The lowest BCUT2D eigenvalue weighted by Crippen LogP contribution is -2.36. The number of aliphatic hydroxyl groups excluding tert-OH is 1. The third kappa shape index (κ3) is 3.34. The molecule has 4 nitrogen and oxygen atoms in total. The van der Waals surface area contributed by atoms with Crippen LogP contribution < -0.4 is 5.32 Å². The molecule has 106 valence electrons. The van der Waals surface area contributed by atoms with Crippen LogP contribution in [-0.4, -0.2) is 22.1 Å². The first-order valence-corrected chi connectivity index (χ1v) is 7.80. The van der Waals surface area contributed by atoms with E-state index in [1.807, 2.05) is 12.3 Å². The van der Waals surface area contributed by atoms with Crippen LogP contribution in [0.5, 0.6) is 0 Å². The second-order valence-electron chi connectivity index (χ2n) is 5.60. The summed E-state index contributed by atoms with van der Waals surface area (Å²) >= 11 is 1.63. The largest absolute Gasteiger partial charge is 0.392 e. The van der Waals surface area contributed by atoms with Crippen molar-refractivity contribution in [3.63, 3.8) is 0 Å². The van der Waals surface area contributed by atoms with Crippen LogP contribution in [0.1, 0.15) is 62.7 Å². The van der Waals surface area contributed by atoms with Crippen LogP contribution in [0.25, 0.3) is 0 Å². The molecular weight excluding hydrogens is 260 g/mol. The maximum Gasteiger partial charge on any atom is 0.226 e. The molecule has 1 amide bonds. The van der Waals surface area contributed by atoms with Gasteiger partial charge in [0.2, 0.25) is 5.91 Å². The molecule has 0 radical (unpaired) electrons. The summed E-state index contributed by atoms with van der Waals surface area (Å²) in [5.74, 6) is 0.126. The van der Waals surface area contributed by atoms with Crippen LogP contribution in [-0.2, 0) is 4.79 Å². The van der Waals surface area contributed by atoms with Crippen molar-refractivity contribution in [3.8, 4) is 0 Å². The molecule has 0 spiro atoms. The van der Waals surface area contributed by atoms with Crippen molar-refractivity contribution < 1.29 is 9.90 Å². The van der Waals surface area contributed by atoms with E-state index in [9.17, 15) is 9.90 Å². The fraction of sp³-hybridized carbons (Fsp3) is 0.714. The molecule has 1 heterocycles. The first kappa shape index (κ1) is 14.5. The average molecular weight is 282 g/mol. The standard InChI is InChI=1S/C14H22N2O2S/c1-8(2)14-16-11(7-19-14)9(3)15-13(18)10-5-4-6-12(10)17/h7-10,12,17H,4-6H2,1-3H3,(H,15,18). The molecule has 0 bridgehead atoms. The van der Waals surface area contributed by atoms with Crippen molar-refractivity contribution >= 4 is 17.2 Å². The van der Waals surface area contributed by atoms with Crippen LogP contribution in [0, 0.1) is 5.92 Å². The minimum atomic E-state index is -0.478. The summed E-state index contributed by atoms with van der Waals surface area (Å²) in [7, 11) is 0. The van der Waals surface area contributed by atoms with Crippen molar-refractivity contribution in [2.75, 3.05) is 0 Å². The SMILES string of the molecule is CC(C)c1nc(C(C)NC(=O)C2CCCC2O)cs1. The predicted molar refractivity (Wildman–Crippen MR) is 76.1 cm³/mol. The van der Waals surface area contributed by atoms with E-state index < -0.39 is 6.10 Å². The minimum Gasteiger partial charge on any atom is -0.392 e. The number of nitrogens with one attached hydrogen (secondary N) is 1. The van der Waals surface area contributed by atoms with Crippen molar-refractivity contribution in [2.45, 2.75) is 58.1 Å². The van der Waals surface area contributed by atoms with E-state index in [2.05, 4.69) is 24.1 Å². The van der Waals surface area contributed by atoms with E-state index in [0.29, 0.717) is 5.92 Å². The molecule has 1 aliphatic carbocycles. The van der Waals surface area contributed by atoms with E-state index in [-0.39, 0.29) is 17.9 Å². The van der Waals surface area contributed by atoms with Gasteiger partial charge in [-0.2, -0.15) is 0 Å². The van der Waals surface area contributed by atoms with E-state index >= 15 is 0 Å². The molecule has 1 saturated carbocycles. The van der Waals surface area contributed by atoms with Gasteiger partial charge in [0.25, 0.3) is 0 Å². The fourth-order valence-corrected chi connectivity index (χ4v) is 3.33. The maximum absolute atomic E-state index is 12.1. The van der Waals surface area contributed by atoms with Crippen LogP contribution >= 0.6 is 11.3 Å². The molecule has 3 unspecified atom stereocenters. The maximum atomic E-state index is 12.1. The van der Waals surface area contributed by atoms with Gasteiger partial charge in [-0.25, -0.2) is 4.98 Å². The summed E-state index contributed by atoms with van der Waals surface area (Å²) < 4.78 is 0. The first-order chi connectivity index (χ1) is 8.99. The molecule has 2 rings (SSSR count). The van der Waals surface area contributed by atoms with E-state index in [0.717, 1.165) is 30.0 Å². The van der Waals surface area contributed by atoms with Gasteiger partial charge in [0.1, 0.15) is 0 Å². The number of aromatic nitrogens is 1. The molecule has 3 atom stereocenters. The Kier molecular flexibility index (Phi) is 4.58. The fourth-order valence-electron chi connectivity index (χ4n) is 2.41. The van der Waals surface area contributed by atoms with Crippen LogP contribution in [0.3, 0.4) is 0 Å². The molecule has 2 N–H and O–H groups in total. The normalized spacial score (nSPS) is 24.7. The number of rotatable bonds is 4. The summed E-state index contributed by atoms with van der Waals surface area (Å²) in [4.78, 5) is 16.6. The third-order valence-electron chi connectivity index (χ3n) is 3.65. The number of amides is 1. The first-order valence-electron chi connectivity index (χ1n) is 6.92. The Balaban J connectivity index is 1.96. The molecule has 5 heteroatoms. The molecular formula is C14H22N2O2S. The van der Waals surface area contributed by atoms with Gasteiger partial charge >= 0.3 is 0 Å². The van der Waals surface area contributed by atoms with Gasteiger partial charge in [-0.3, -0.25) is 4.79 Å². The highest BCUT2D eigenvalue weighted by Gasteiger charge is 2.32. The molecule has 1 aliphatic rings. The number of hydrogen-bond acceptors (Lipinski definition) is 4. The number of carbonyl (C=O) groups is 1. The zero-order chi connectivity index (χ0) is 14.0. The number of hydrogen-bond donors (Lipinski definition) is 2. The monoisotopic (exact) mass is 282 g/mol. The zero-order valence-corrected chi connectivity index (χ0v) is 12.5. The molecule has 1 aromatic heterocycles. The Morgan fingerprint density at radius 2 is 2.21 bits per heavy atom. The molecule has 19 heavy (non-hydrogen) atoms. The second-order valence-corrected chi connectivity index (χ2v) is 6.49. The van der Waals surface area contributed by atoms with Crippen molar-refractivity contribution in [3.05, 3.63) is 16.1 Å². The Bertz CT molecular complexity index is 444. The Morgan fingerprint density at radius 3 is 2.74 bits per heavy atom. The van der Waals surface area contributed by atoms with Crippen molar-refractivity contribution in [1.82, 2.24) is 10.3 Å². The van der Waals surface area contributed by atoms with Crippen molar-refractivity contribution in [1.29, 1.82) is 0 Å². The summed E-state index contributed by atoms with van der Waals surface area (Å²) in [6.07, 6.45) is 1.98. The Labute approximate surface area is 118 Å². The number of carbonyl (C=O) groups excluding carboxylic acids is 1. The number of thiazole rings is 1. The second kappa shape index (κ2) is 6.01. The van der Waals surface area contributed by atoms with Gasteiger partial charge in [-0.1, -0.05) is 13.8 Å². The molecule has 1 aromatic rings. The Hall–Kier alpha value is -0.940. The predicted octanol–water partition coefficient (Wildman–Crippen LogP) is 2.60. The smallest absolute Gasteiger partial charge is 0.226 e. The van der Waals surface area contributed by atoms with Gasteiger partial charge in [-0.15, -0.1) is 11.3 Å². The molecule has 0 aliphatic heterocycles. The number of nitrogens with zero attached hydrogens (tertiary/aromatic N) is 1. The lowest BCUT2D eigenvalue weighted by atomic mass is 10.0. The third-order valence-corrected chi connectivity index (χ3v) is 4.82. The van der Waals surface area contributed by atoms with Gasteiger partial charge in [0.15, 0.2) is 0 Å². The van der Waals surface area contributed by atoms with Gasteiger partial charge in [0, 0.05) is 11.3 Å². The zero-order valence-electron chi connectivity index (χ0n) is 11.7. The summed E-state index contributed by atoms with van der Waals surface area (Å²) in [6, 6.07) is -0.0935. The lowest BCUT2D eigenvalue weighted by Gasteiger charge is -2.18. The van der Waals surface area contributed by atoms with Crippen LogP contribution in [0.2, 0.25) is 0 Å². The van der Waals surface area contributed by atoms with E-state index in [4.69, 9.17) is 0 Å². The van der Waals surface area contributed by atoms with Gasteiger partial charge < -0.3 is 10.4 Å². The van der Waals surface area contributed by atoms with Gasteiger partial charge in [0.05, 0.1) is 28.8 Å². The highest BCUT2D eigenvalue weighted by atomic mass is 32.1. The van der Waals surface area contributed by atoms with E-state index in [1.54, 1.807) is 11.3 Å². The van der Waals surface area contributed by atoms with E-state index in [1.165, 1.54) is 0 Å². The molecule has 0 saturated heterocycles. The lowest BCUT2D eigenvalue weighted by molar-refractivity contribution is -0.128. The highest BCUT2D eigenvalue weighted by molar-refractivity contribution is 7.09. The van der Waals surface area contributed by atoms with Crippen LogP contribution in [0.4, 0.5) is 0 Å². The summed E-state index contributed by atoms with van der Waals surface area (Å²) in [5.41, 5.74) is 0.912. The van der Waals surface area contributed by atoms with Crippen molar-refractivity contribution in [2.24, 2.45) is 5.92 Å². The van der Waals surface area contributed by atoms with Gasteiger partial charge in [-0.05, 0) is 26.2 Å². The average Bonchev–Trinajstić information content (AvgIpc) is 2.96. The van der Waals surface area contributed by atoms with Crippen LogP contribution in [0.15, 0.2) is 5.38 Å². The topological polar surface area (TPSA) is 62.2 Å². The highest BCUT2D eigenvalue weighted by Crippen LogP contribution is 2.27. The molecule has 0 aromatic carbocycles. The summed E-state index contributed by atoms with van der Waals surface area (Å²) in [5, 5.41) is 15.8. The Morgan fingerprint density at radius 1 is 1.47 bits per heavy atom. The summed E-state index contributed by atoms with van der Waals surface area (Å²) in [6.45, 7) is 6.17. The minimum absolute atomic E-state index is 0.0448. The number of aliphatic hydroxyl groups is 1. The molecule has 1 fully saturated rings.